The lowest BCUT2D eigenvalue weighted by Crippen LogP contribution is -2.21. The topological polar surface area (TPSA) is 174 Å². The number of benzene rings is 1. The number of halogens is 3. The number of anilines is 1. The van der Waals surface area contributed by atoms with E-state index in [9.17, 15) is 27.9 Å². The summed E-state index contributed by atoms with van der Waals surface area (Å²) in [7, 11) is 0. The molecule has 12 nitrogen and oxygen atoms in total. The van der Waals surface area contributed by atoms with Crippen LogP contribution in [0.2, 0.25) is 0 Å². The number of carbonyl (C=O) groups excluding carboxylic acids is 1. The van der Waals surface area contributed by atoms with Crippen molar-refractivity contribution in [2.24, 2.45) is 0 Å². The van der Waals surface area contributed by atoms with Crippen molar-refractivity contribution in [1.82, 2.24) is 15.0 Å². The molecule has 0 amide bonds. The molecule has 0 spiro atoms. The van der Waals surface area contributed by atoms with Gasteiger partial charge in [-0.3, -0.25) is 4.79 Å². The molecule has 0 saturated heterocycles. The molecule has 0 bridgehead atoms. The number of carboxylic acid groups (broad SMARTS) is 2. The van der Waals surface area contributed by atoms with Gasteiger partial charge in [0.1, 0.15) is 11.6 Å². The van der Waals surface area contributed by atoms with Crippen molar-refractivity contribution in [2.75, 3.05) is 11.9 Å². The van der Waals surface area contributed by atoms with Crippen molar-refractivity contribution >= 4 is 23.7 Å². The van der Waals surface area contributed by atoms with Crippen LogP contribution in [0.4, 0.5) is 19.0 Å². The van der Waals surface area contributed by atoms with Gasteiger partial charge in [0.05, 0.1) is 25.0 Å². The van der Waals surface area contributed by atoms with E-state index in [0.717, 1.165) is 11.4 Å². The van der Waals surface area contributed by atoms with Crippen molar-refractivity contribution in [1.29, 1.82) is 0 Å². The fourth-order valence-electron chi connectivity index (χ4n) is 3.45. The Bertz CT molecular complexity index is 1510. The summed E-state index contributed by atoms with van der Waals surface area (Å²) in [4.78, 5) is 45.2. The smallest absolute Gasteiger partial charge is 0.481 e. The first-order valence-corrected chi connectivity index (χ1v) is 12.5. The Morgan fingerprint density at radius 3 is 2.35 bits per heavy atom. The highest BCUT2D eigenvalue weighted by molar-refractivity contribution is 5.86. The monoisotopic (exact) mass is 602 g/mol. The van der Waals surface area contributed by atoms with Crippen molar-refractivity contribution in [3.8, 4) is 11.8 Å². The molecular formula is C28H25F3N4O8. The first-order valence-electron chi connectivity index (χ1n) is 12.5. The number of carbonyl (C=O) groups is 3. The van der Waals surface area contributed by atoms with E-state index in [-0.39, 0.29) is 24.8 Å². The molecule has 0 saturated carbocycles. The number of furan rings is 1. The van der Waals surface area contributed by atoms with E-state index in [0.29, 0.717) is 23.6 Å². The zero-order chi connectivity index (χ0) is 31.4. The molecule has 0 aliphatic heterocycles. The Hall–Kier alpha value is -5.47. The average Bonchev–Trinajstić information content (AvgIpc) is 3.46. The van der Waals surface area contributed by atoms with Gasteiger partial charge in [-0.2, -0.15) is 18.2 Å². The summed E-state index contributed by atoms with van der Waals surface area (Å²) in [6.07, 6.45) is -0.805. The number of ether oxygens (including phenoxy) is 2. The van der Waals surface area contributed by atoms with Crippen LogP contribution in [0.25, 0.3) is 0 Å². The van der Waals surface area contributed by atoms with Crippen LogP contribution < -0.4 is 10.1 Å². The maximum Gasteiger partial charge on any atom is 0.490 e. The van der Waals surface area contributed by atoms with Gasteiger partial charge in [-0.15, -0.1) is 0 Å². The summed E-state index contributed by atoms with van der Waals surface area (Å²) in [6, 6.07) is 16.2. The third kappa shape index (κ3) is 10.1. The Labute approximate surface area is 242 Å². The van der Waals surface area contributed by atoms with E-state index in [4.69, 9.17) is 23.8 Å². The maximum absolute atomic E-state index is 11.9. The first-order chi connectivity index (χ1) is 20.5. The Morgan fingerprint density at radius 2 is 1.74 bits per heavy atom. The zero-order valence-electron chi connectivity index (χ0n) is 22.4. The number of rotatable bonds is 11. The number of hydrogen-bond acceptors (Lipinski definition) is 10. The van der Waals surface area contributed by atoms with Gasteiger partial charge in [0.25, 0.3) is 0 Å². The van der Waals surface area contributed by atoms with Crippen molar-refractivity contribution < 1.29 is 51.7 Å². The molecular weight excluding hydrogens is 577 g/mol. The number of carboxylic acids is 2. The number of nitrogens with zero attached hydrogens (tertiary/aromatic N) is 3. The molecule has 3 N–H and O–H groups in total. The normalized spacial score (nSPS) is 11.4. The van der Waals surface area contributed by atoms with E-state index >= 15 is 0 Å². The lowest BCUT2D eigenvalue weighted by atomic mass is 9.94. The fourth-order valence-corrected chi connectivity index (χ4v) is 3.45. The Kier molecular flexibility index (Phi) is 11.1. The Balaban J connectivity index is 0.000000646. The highest BCUT2D eigenvalue weighted by atomic mass is 19.4. The van der Waals surface area contributed by atoms with Gasteiger partial charge in [-0.25, -0.2) is 19.6 Å². The molecule has 1 unspecified atom stereocenters. The fraction of sp³-hybridized carbons (Fsp3) is 0.214. The standard InChI is InChI=1S/C26H24N4O6.C2HF3O2/c1-2-34-25(33)22-13-18(16-35-22)20(14-24(31)32)21-10-12-28-26(30-21)36-19-8-6-17(7-9-19)15-29-23-5-3-4-11-27-23;3-2(4,5)1(6)7/h3-13,16,20H,2,14-15H2,1H3,(H,27,29)(H,31,32);(H,6,7). The van der Waals surface area contributed by atoms with Crippen molar-refractivity contribution in [3.05, 3.63) is 95.8 Å². The van der Waals surface area contributed by atoms with Gasteiger partial charge >= 0.3 is 30.1 Å². The highest BCUT2D eigenvalue weighted by Gasteiger charge is 2.38. The number of esters is 1. The van der Waals surface area contributed by atoms with E-state index in [1.165, 1.54) is 18.5 Å². The highest BCUT2D eigenvalue weighted by Crippen LogP contribution is 2.30. The summed E-state index contributed by atoms with van der Waals surface area (Å²) in [5.74, 6) is -3.79. The predicted molar refractivity (Wildman–Crippen MR) is 143 cm³/mol. The molecule has 1 aromatic carbocycles. The maximum atomic E-state index is 11.9. The molecule has 4 rings (SSSR count). The molecule has 3 aromatic heterocycles. The van der Waals surface area contributed by atoms with Gasteiger partial charge in [0, 0.05) is 30.4 Å². The molecule has 226 valence electrons. The number of aliphatic carboxylic acids is 2. The van der Waals surface area contributed by atoms with Crippen LogP contribution in [0.5, 0.6) is 11.8 Å². The largest absolute Gasteiger partial charge is 0.490 e. The van der Waals surface area contributed by atoms with E-state index < -0.39 is 30.0 Å². The van der Waals surface area contributed by atoms with Gasteiger partial charge in [-0.05, 0) is 48.9 Å². The molecule has 0 aliphatic carbocycles. The third-order valence-corrected chi connectivity index (χ3v) is 5.40. The van der Waals surface area contributed by atoms with E-state index in [1.54, 1.807) is 31.3 Å². The van der Waals surface area contributed by atoms with Gasteiger partial charge in [0.15, 0.2) is 0 Å². The minimum atomic E-state index is -5.08. The average molecular weight is 603 g/mol. The molecule has 0 aliphatic rings. The third-order valence-electron chi connectivity index (χ3n) is 5.40. The predicted octanol–water partition coefficient (Wildman–Crippen LogP) is 5.29. The van der Waals surface area contributed by atoms with E-state index in [2.05, 4.69) is 20.3 Å². The molecule has 15 heteroatoms. The van der Waals surface area contributed by atoms with Crippen LogP contribution in [0.3, 0.4) is 0 Å². The number of alkyl halides is 3. The lowest BCUT2D eigenvalue weighted by Gasteiger charge is -2.13. The van der Waals surface area contributed by atoms with Crippen LogP contribution in [0.1, 0.15) is 46.6 Å². The van der Waals surface area contributed by atoms with Gasteiger partial charge < -0.3 is 29.4 Å². The minimum Gasteiger partial charge on any atom is -0.481 e. The van der Waals surface area contributed by atoms with Crippen LogP contribution >= 0.6 is 0 Å². The SMILES string of the molecule is CCOC(=O)c1cc(C(CC(=O)O)c2ccnc(Oc3ccc(CNc4ccccn4)cc3)n2)co1.O=C(O)C(F)(F)F. The minimum absolute atomic E-state index is 0.00889. The zero-order valence-corrected chi connectivity index (χ0v) is 22.4. The van der Waals surface area contributed by atoms with Crippen LogP contribution in [-0.4, -0.2) is 55.9 Å². The quantitative estimate of drug-likeness (QED) is 0.190. The first kappa shape index (κ1) is 32.0. The van der Waals surface area contributed by atoms with Crippen LogP contribution in [0, 0.1) is 0 Å². The van der Waals surface area contributed by atoms with Crippen molar-refractivity contribution in [2.45, 2.75) is 32.0 Å². The van der Waals surface area contributed by atoms with Gasteiger partial charge in [-0.1, -0.05) is 18.2 Å². The van der Waals surface area contributed by atoms with Crippen LogP contribution in [-0.2, 0) is 20.9 Å². The molecule has 43 heavy (non-hydrogen) atoms. The summed E-state index contributed by atoms with van der Waals surface area (Å²) >= 11 is 0. The molecule has 0 fully saturated rings. The number of pyridine rings is 1. The number of nitrogens with one attached hydrogen (secondary N) is 1. The molecule has 4 aromatic rings. The lowest BCUT2D eigenvalue weighted by molar-refractivity contribution is -0.192. The molecule has 1 atom stereocenters. The second-order valence-electron chi connectivity index (χ2n) is 8.50. The summed E-state index contributed by atoms with van der Waals surface area (Å²) < 4.78 is 47.8. The number of aromatic nitrogens is 3. The molecule has 0 radical (unpaired) electrons. The van der Waals surface area contributed by atoms with E-state index in [1.807, 2.05) is 30.3 Å². The second-order valence-corrected chi connectivity index (χ2v) is 8.50. The van der Waals surface area contributed by atoms with Crippen LogP contribution in [0.15, 0.2) is 77.7 Å². The summed E-state index contributed by atoms with van der Waals surface area (Å²) in [6.45, 7) is 2.48. The van der Waals surface area contributed by atoms with Crippen molar-refractivity contribution in [3.63, 3.8) is 0 Å². The Morgan fingerprint density at radius 1 is 1.02 bits per heavy atom. The second kappa shape index (κ2) is 15.0. The number of hydrogen-bond donors (Lipinski definition) is 3. The summed E-state index contributed by atoms with van der Waals surface area (Å²) in [5, 5.41) is 19.8. The summed E-state index contributed by atoms with van der Waals surface area (Å²) in [5.41, 5.74) is 1.92. The van der Waals surface area contributed by atoms with Gasteiger partial charge in [0.2, 0.25) is 5.76 Å². The molecule has 3 heterocycles.